The molecule has 2 aromatic carbocycles. The Morgan fingerprint density at radius 3 is 1.81 bits per heavy atom. The first-order valence-electron chi connectivity index (χ1n) is 7.38. The van der Waals surface area contributed by atoms with Crippen LogP contribution in [0.2, 0.25) is 0 Å². The fourth-order valence-corrected chi connectivity index (χ4v) is 2.42. The van der Waals surface area contributed by atoms with E-state index >= 15 is 0 Å². The fraction of sp³-hybridized carbons (Fsp3) is 0.263. The number of anilines is 1. The third kappa shape index (κ3) is 3.46. The molecule has 2 aromatic rings. The smallest absolute Gasteiger partial charge is 0.118 e. The van der Waals surface area contributed by atoms with Crippen molar-refractivity contribution in [2.75, 3.05) is 25.1 Å². The maximum atomic E-state index is 5.19. The second-order valence-corrected chi connectivity index (χ2v) is 4.93. The lowest BCUT2D eigenvalue weighted by molar-refractivity contribution is 0.415. The van der Waals surface area contributed by atoms with Gasteiger partial charge in [0.05, 0.1) is 7.11 Å². The molecule has 110 valence electrons. The van der Waals surface area contributed by atoms with E-state index in [9.17, 15) is 0 Å². The van der Waals surface area contributed by atoms with Crippen molar-refractivity contribution in [3.8, 4) is 5.75 Å². The third-order valence-electron chi connectivity index (χ3n) is 3.78. The molecule has 2 heteroatoms. The van der Waals surface area contributed by atoms with Crippen molar-refractivity contribution in [1.82, 2.24) is 0 Å². The lowest BCUT2D eigenvalue weighted by Crippen LogP contribution is -2.21. The predicted molar refractivity (Wildman–Crippen MR) is 91.1 cm³/mol. The van der Waals surface area contributed by atoms with E-state index in [4.69, 9.17) is 4.74 Å². The van der Waals surface area contributed by atoms with Gasteiger partial charge in [-0.3, -0.25) is 0 Å². The highest BCUT2D eigenvalue weighted by molar-refractivity contribution is 5.79. The highest BCUT2D eigenvalue weighted by Crippen LogP contribution is 2.25. The molecular formula is C19H23NO. The SMILES string of the molecule is C=C(c1ccc(OC)cc1)c1ccc(N(CC)CC)cc1. The minimum Gasteiger partial charge on any atom is -0.497 e. The van der Waals surface area contributed by atoms with Gasteiger partial charge in [-0.15, -0.1) is 0 Å². The summed E-state index contributed by atoms with van der Waals surface area (Å²) >= 11 is 0. The molecule has 0 saturated carbocycles. The van der Waals surface area contributed by atoms with Crippen LogP contribution in [-0.4, -0.2) is 20.2 Å². The minimum atomic E-state index is 0.864. The summed E-state index contributed by atoms with van der Waals surface area (Å²) in [5.41, 5.74) is 4.55. The standard InChI is InChI=1S/C19H23NO/c1-5-20(6-2)18-11-7-16(8-12-18)15(3)17-9-13-19(21-4)14-10-17/h7-14H,3,5-6H2,1-2,4H3. The van der Waals surface area contributed by atoms with Gasteiger partial charge in [0.25, 0.3) is 0 Å². The van der Waals surface area contributed by atoms with Crippen LogP contribution in [0.5, 0.6) is 5.75 Å². The van der Waals surface area contributed by atoms with Crippen molar-refractivity contribution in [1.29, 1.82) is 0 Å². The number of methoxy groups -OCH3 is 1. The summed E-state index contributed by atoms with van der Waals surface area (Å²) in [6, 6.07) is 16.6. The van der Waals surface area contributed by atoms with Gasteiger partial charge in [-0.25, -0.2) is 0 Å². The molecule has 0 saturated heterocycles. The fourth-order valence-electron chi connectivity index (χ4n) is 2.42. The zero-order valence-corrected chi connectivity index (χ0v) is 13.1. The Balaban J connectivity index is 2.19. The van der Waals surface area contributed by atoms with Gasteiger partial charge in [0.15, 0.2) is 0 Å². The van der Waals surface area contributed by atoms with Crippen LogP contribution in [0.3, 0.4) is 0 Å². The van der Waals surface area contributed by atoms with Crippen LogP contribution in [0.15, 0.2) is 55.1 Å². The van der Waals surface area contributed by atoms with Crippen LogP contribution >= 0.6 is 0 Å². The molecule has 0 bridgehead atoms. The Hall–Kier alpha value is -2.22. The summed E-state index contributed by atoms with van der Waals surface area (Å²) in [5.74, 6) is 0.864. The number of hydrogen-bond donors (Lipinski definition) is 0. The highest BCUT2D eigenvalue weighted by atomic mass is 16.5. The van der Waals surface area contributed by atoms with E-state index in [0.717, 1.165) is 35.5 Å². The van der Waals surface area contributed by atoms with Gasteiger partial charge in [-0.1, -0.05) is 30.8 Å². The van der Waals surface area contributed by atoms with E-state index < -0.39 is 0 Å². The quantitative estimate of drug-likeness (QED) is 0.767. The van der Waals surface area contributed by atoms with Crippen molar-refractivity contribution >= 4 is 11.3 Å². The number of benzene rings is 2. The van der Waals surface area contributed by atoms with Gasteiger partial charge < -0.3 is 9.64 Å². The van der Waals surface area contributed by atoms with Crippen molar-refractivity contribution in [2.45, 2.75) is 13.8 Å². The molecule has 0 aromatic heterocycles. The third-order valence-corrected chi connectivity index (χ3v) is 3.78. The molecule has 0 aliphatic rings. The molecule has 0 fully saturated rings. The Morgan fingerprint density at radius 2 is 1.38 bits per heavy atom. The first-order valence-corrected chi connectivity index (χ1v) is 7.38. The molecule has 0 aliphatic heterocycles. The number of ether oxygens (including phenoxy) is 1. The maximum Gasteiger partial charge on any atom is 0.118 e. The van der Waals surface area contributed by atoms with Crippen LogP contribution in [0.4, 0.5) is 5.69 Å². The normalized spacial score (nSPS) is 10.2. The Morgan fingerprint density at radius 1 is 0.905 bits per heavy atom. The van der Waals surface area contributed by atoms with Gasteiger partial charge in [0.1, 0.15) is 5.75 Å². The van der Waals surface area contributed by atoms with Gasteiger partial charge >= 0.3 is 0 Å². The van der Waals surface area contributed by atoms with Crippen molar-refractivity contribution in [2.24, 2.45) is 0 Å². The molecule has 0 radical (unpaired) electrons. The average Bonchev–Trinajstić information content (AvgIpc) is 2.56. The predicted octanol–water partition coefficient (Wildman–Crippen LogP) is 4.60. The molecule has 0 spiro atoms. The summed E-state index contributed by atoms with van der Waals surface area (Å²) in [7, 11) is 1.68. The van der Waals surface area contributed by atoms with E-state index in [0.29, 0.717) is 0 Å². The van der Waals surface area contributed by atoms with Crippen molar-refractivity contribution in [3.63, 3.8) is 0 Å². The summed E-state index contributed by atoms with van der Waals surface area (Å²) in [5, 5.41) is 0. The molecule has 0 amide bonds. The molecule has 0 heterocycles. The largest absolute Gasteiger partial charge is 0.497 e. The van der Waals surface area contributed by atoms with Crippen molar-refractivity contribution in [3.05, 3.63) is 66.2 Å². The lowest BCUT2D eigenvalue weighted by atomic mass is 9.99. The molecule has 0 N–H and O–H groups in total. The lowest BCUT2D eigenvalue weighted by Gasteiger charge is -2.21. The van der Waals surface area contributed by atoms with Gasteiger partial charge in [-0.2, -0.15) is 0 Å². The van der Waals surface area contributed by atoms with E-state index in [1.54, 1.807) is 7.11 Å². The van der Waals surface area contributed by atoms with Crippen LogP contribution in [-0.2, 0) is 0 Å². The topological polar surface area (TPSA) is 12.5 Å². The molecule has 0 aliphatic carbocycles. The number of nitrogens with zero attached hydrogens (tertiary/aromatic N) is 1. The molecule has 2 rings (SSSR count). The summed E-state index contributed by atoms with van der Waals surface area (Å²) in [6.45, 7) is 10.6. The van der Waals surface area contributed by atoms with Gasteiger partial charge in [0, 0.05) is 18.8 Å². The summed E-state index contributed by atoms with van der Waals surface area (Å²) < 4.78 is 5.19. The maximum absolute atomic E-state index is 5.19. The minimum absolute atomic E-state index is 0.864. The van der Waals surface area contributed by atoms with Crippen LogP contribution in [0.1, 0.15) is 25.0 Å². The monoisotopic (exact) mass is 281 g/mol. The van der Waals surface area contributed by atoms with E-state index in [1.165, 1.54) is 5.69 Å². The molecule has 21 heavy (non-hydrogen) atoms. The van der Waals surface area contributed by atoms with Crippen LogP contribution in [0, 0.1) is 0 Å². The van der Waals surface area contributed by atoms with Crippen LogP contribution in [0.25, 0.3) is 5.57 Å². The second kappa shape index (κ2) is 6.98. The van der Waals surface area contributed by atoms with E-state index in [1.807, 2.05) is 24.3 Å². The molecule has 2 nitrogen and oxygen atoms in total. The van der Waals surface area contributed by atoms with E-state index in [-0.39, 0.29) is 0 Å². The number of hydrogen-bond acceptors (Lipinski definition) is 2. The zero-order valence-electron chi connectivity index (χ0n) is 13.1. The Kier molecular flexibility index (Phi) is 5.04. The van der Waals surface area contributed by atoms with Gasteiger partial charge in [0.2, 0.25) is 0 Å². The van der Waals surface area contributed by atoms with Crippen LogP contribution < -0.4 is 9.64 Å². The summed E-state index contributed by atoms with van der Waals surface area (Å²) in [4.78, 5) is 2.33. The Labute approximate surface area is 127 Å². The molecule has 0 atom stereocenters. The first-order chi connectivity index (χ1) is 10.2. The molecular weight excluding hydrogens is 258 g/mol. The van der Waals surface area contributed by atoms with Gasteiger partial charge in [-0.05, 0) is 54.8 Å². The van der Waals surface area contributed by atoms with E-state index in [2.05, 4.69) is 49.6 Å². The highest BCUT2D eigenvalue weighted by Gasteiger charge is 2.05. The first kappa shape index (κ1) is 15.2. The number of rotatable bonds is 6. The van der Waals surface area contributed by atoms with Crippen molar-refractivity contribution < 1.29 is 4.74 Å². The average molecular weight is 281 g/mol. The Bertz CT molecular complexity index is 580. The molecule has 0 unspecified atom stereocenters. The zero-order chi connectivity index (χ0) is 15.2. The second-order valence-electron chi connectivity index (χ2n) is 4.93. The summed E-state index contributed by atoms with van der Waals surface area (Å²) in [6.07, 6.45) is 0.